The first-order valence-electron chi connectivity index (χ1n) is 6.93. The van der Waals surface area contributed by atoms with Gasteiger partial charge in [0.05, 0.1) is 5.56 Å². The van der Waals surface area contributed by atoms with Gasteiger partial charge in [-0.05, 0) is 38.1 Å². The molecule has 0 aliphatic rings. The first-order valence-corrected chi connectivity index (χ1v) is 7.33. The topological polar surface area (TPSA) is 38.5 Å². The van der Waals surface area contributed by atoms with Gasteiger partial charge in [-0.25, -0.2) is 0 Å². The minimum absolute atomic E-state index is 0.384. The number of thiocarbonyl (C=S) groups is 1. The summed E-state index contributed by atoms with van der Waals surface area (Å²) in [5.41, 5.74) is 6.50. The van der Waals surface area contributed by atoms with Crippen LogP contribution in [0.4, 0.5) is 0 Å². The molecule has 0 saturated heterocycles. The fraction of sp³-hybridized carbons (Fsp3) is 0.533. The van der Waals surface area contributed by atoms with Gasteiger partial charge in [-0.2, -0.15) is 0 Å². The molecule has 0 bridgehead atoms. The highest BCUT2D eigenvalue weighted by Gasteiger charge is 2.07. The summed E-state index contributed by atoms with van der Waals surface area (Å²) < 4.78 is 5.81. The molecule has 19 heavy (non-hydrogen) atoms. The summed E-state index contributed by atoms with van der Waals surface area (Å²) in [4.78, 5) is 2.80. The number of hydrogen-bond acceptors (Lipinski definition) is 3. The Kier molecular flexibility index (Phi) is 7.45. The van der Waals surface area contributed by atoms with Gasteiger partial charge < -0.3 is 10.5 Å². The molecule has 1 aromatic carbocycles. The summed E-state index contributed by atoms with van der Waals surface area (Å²) in [6.45, 7) is 8.24. The maximum absolute atomic E-state index is 5.81. The normalized spacial score (nSPS) is 10.7. The summed E-state index contributed by atoms with van der Waals surface area (Å²) in [6.07, 6.45) is 2.34. The maximum atomic E-state index is 5.81. The molecule has 0 atom stereocenters. The van der Waals surface area contributed by atoms with Crippen molar-refractivity contribution >= 4 is 17.2 Å². The molecule has 0 aromatic heterocycles. The third-order valence-electron chi connectivity index (χ3n) is 2.90. The second kappa shape index (κ2) is 8.88. The lowest BCUT2D eigenvalue weighted by atomic mass is 10.2. The fourth-order valence-corrected chi connectivity index (χ4v) is 2.22. The summed E-state index contributed by atoms with van der Waals surface area (Å²) in [5, 5.41) is 0. The predicted molar refractivity (Wildman–Crippen MR) is 84.8 cm³/mol. The molecule has 0 radical (unpaired) electrons. The first-order chi connectivity index (χ1) is 9.19. The molecule has 0 saturated carbocycles. The number of hydrogen-bond donors (Lipinski definition) is 1. The molecule has 0 aliphatic carbocycles. The first kappa shape index (κ1) is 15.9. The number of nitrogens with two attached hydrogens (primary N) is 1. The SMILES string of the molecule is CCCN(CCC)CCOc1ccccc1C(N)=S. The molecule has 0 unspecified atom stereocenters. The smallest absolute Gasteiger partial charge is 0.129 e. The van der Waals surface area contributed by atoms with Gasteiger partial charge in [0, 0.05) is 6.54 Å². The largest absolute Gasteiger partial charge is 0.492 e. The van der Waals surface area contributed by atoms with Crippen molar-refractivity contribution in [2.45, 2.75) is 26.7 Å². The van der Waals surface area contributed by atoms with Crippen LogP contribution in [0, 0.1) is 0 Å². The van der Waals surface area contributed by atoms with Crippen LogP contribution in [-0.4, -0.2) is 36.1 Å². The highest BCUT2D eigenvalue weighted by Crippen LogP contribution is 2.17. The molecule has 3 nitrogen and oxygen atoms in total. The van der Waals surface area contributed by atoms with Gasteiger partial charge in [0.1, 0.15) is 17.3 Å². The Balaban J connectivity index is 2.50. The number of ether oxygens (including phenoxy) is 1. The monoisotopic (exact) mass is 280 g/mol. The zero-order valence-corrected chi connectivity index (χ0v) is 12.7. The van der Waals surface area contributed by atoms with E-state index in [2.05, 4.69) is 18.7 Å². The Labute approximate surface area is 121 Å². The van der Waals surface area contributed by atoms with Crippen LogP contribution in [0.5, 0.6) is 5.75 Å². The van der Waals surface area contributed by atoms with Crippen LogP contribution in [0.25, 0.3) is 0 Å². The summed E-state index contributed by atoms with van der Waals surface area (Å²) >= 11 is 5.02. The van der Waals surface area contributed by atoms with Crippen molar-refractivity contribution in [2.24, 2.45) is 5.73 Å². The van der Waals surface area contributed by atoms with Crippen LogP contribution in [0.3, 0.4) is 0 Å². The highest BCUT2D eigenvalue weighted by atomic mass is 32.1. The van der Waals surface area contributed by atoms with Gasteiger partial charge in [-0.3, -0.25) is 4.90 Å². The van der Waals surface area contributed by atoms with Crippen molar-refractivity contribution in [3.63, 3.8) is 0 Å². The standard InChI is InChI=1S/C15H24N2OS/c1-3-9-17(10-4-2)11-12-18-14-8-6-5-7-13(14)15(16)19/h5-8H,3-4,9-12H2,1-2H3,(H2,16,19). The van der Waals surface area contributed by atoms with Gasteiger partial charge in [0.25, 0.3) is 0 Å². The molecule has 0 aliphatic heterocycles. The second-order valence-electron chi connectivity index (χ2n) is 4.55. The van der Waals surface area contributed by atoms with E-state index in [1.54, 1.807) is 0 Å². The third kappa shape index (κ3) is 5.57. The molecule has 4 heteroatoms. The molecular formula is C15H24N2OS. The average molecular weight is 280 g/mol. The number of benzene rings is 1. The van der Waals surface area contributed by atoms with E-state index in [0.29, 0.717) is 11.6 Å². The Morgan fingerprint density at radius 2 is 1.79 bits per heavy atom. The van der Waals surface area contributed by atoms with Crippen molar-refractivity contribution in [1.82, 2.24) is 4.90 Å². The van der Waals surface area contributed by atoms with E-state index in [0.717, 1.165) is 30.9 Å². The highest BCUT2D eigenvalue weighted by molar-refractivity contribution is 7.80. The van der Waals surface area contributed by atoms with E-state index in [1.165, 1.54) is 12.8 Å². The molecule has 0 heterocycles. The van der Waals surface area contributed by atoms with Crippen molar-refractivity contribution in [3.05, 3.63) is 29.8 Å². The molecule has 0 fully saturated rings. The number of nitrogens with zero attached hydrogens (tertiary/aromatic N) is 1. The van der Waals surface area contributed by atoms with Crippen LogP contribution in [0.1, 0.15) is 32.3 Å². The molecule has 1 aromatic rings. The van der Waals surface area contributed by atoms with Gasteiger partial charge in [-0.15, -0.1) is 0 Å². The minimum atomic E-state index is 0.384. The van der Waals surface area contributed by atoms with E-state index >= 15 is 0 Å². The lowest BCUT2D eigenvalue weighted by molar-refractivity contribution is 0.209. The number of para-hydroxylation sites is 1. The van der Waals surface area contributed by atoms with E-state index < -0.39 is 0 Å². The summed E-state index contributed by atoms with van der Waals surface area (Å²) in [7, 11) is 0. The minimum Gasteiger partial charge on any atom is -0.492 e. The Bertz CT molecular complexity index is 389. The van der Waals surface area contributed by atoms with E-state index in [-0.39, 0.29) is 0 Å². The maximum Gasteiger partial charge on any atom is 0.129 e. The molecule has 0 amide bonds. The number of rotatable bonds is 9. The molecule has 106 valence electrons. The van der Waals surface area contributed by atoms with E-state index in [4.69, 9.17) is 22.7 Å². The van der Waals surface area contributed by atoms with Gasteiger partial charge >= 0.3 is 0 Å². The summed E-state index contributed by atoms with van der Waals surface area (Å²) in [6, 6.07) is 7.67. The molecule has 0 spiro atoms. The van der Waals surface area contributed by atoms with Crippen molar-refractivity contribution in [3.8, 4) is 5.75 Å². The lowest BCUT2D eigenvalue weighted by Crippen LogP contribution is -2.30. The van der Waals surface area contributed by atoms with Crippen molar-refractivity contribution in [2.75, 3.05) is 26.2 Å². The zero-order valence-electron chi connectivity index (χ0n) is 11.9. The summed E-state index contributed by atoms with van der Waals surface area (Å²) in [5.74, 6) is 0.781. The van der Waals surface area contributed by atoms with Crippen LogP contribution in [-0.2, 0) is 0 Å². The fourth-order valence-electron chi connectivity index (χ4n) is 2.05. The van der Waals surface area contributed by atoms with E-state index in [9.17, 15) is 0 Å². The van der Waals surface area contributed by atoms with Crippen LogP contribution in [0.15, 0.2) is 24.3 Å². The van der Waals surface area contributed by atoms with Gasteiger partial charge in [-0.1, -0.05) is 38.2 Å². The Morgan fingerprint density at radius 3 is 2.37 bits per heavy atom. The quantitative estimate of drug-likeness (QED) is 0.706. The third-order valence-corrected chi connectivity index (χ3v) is 3.12. The average Bonchev–Trinajstić information content (AvgIpc) is 2.39. The van der Waals surface area contributed by atoms with Crippen LogP contribution in [0.2, 0.25) is 0 Å². The van der Waals surface area contributed by atoms with Gasteiger partial charge in [0.2, 0.25) is 0 Å². The van der Waals surface area contributed by atoms with E-state index in [1.807, 2.05) is 24.3 Å². The van der Waals surface area contributed by atoms with Crippen molar-refractivity contribution in [1.29, 1.82) is 0 Å². The Hall–Kier alpha value is -1.13. The Morgan fingerprint density at radius 1 is 1.16 bits per heavy atom. The lowest BCUT2D eigenvalue weighted by Gasteiger charge is -2.21. The van der Waals surface area contributed by atoms with Crippen molar-refractivity contribution < 1.29 is 4.74 Å². The van der Waals surface area contributed by atoms with Gasteiger partial charge in [0.15, 0.2) is 0 Å². The molecular weight excluding hydrogens is 256 g/mol. The van der Waals surface area contributed by atoms with Crippen LogP contribution < -0.4 is 10.5 Å². The zero-order chi connectivity index (χ0) is 14.1. The van der Waals surface area contributed by atoms with Crippen LogP contribution >= 0.6 is 12.2 Å². The molecule has 2 N–H and O–H groups in total. The predicted octanol–water partition coefficient (Wildman–Crippen LogP) is 2.82. The second-order valence-corrected chi connectivity index (χ2v) is 4.99. The molecule has 1 rings (SSSR count).